The topological polar surface area (TPSA) is 67.8 Å². The first-order valence-electron chi connectivity index (χ1n) is 6.90. The summed E-state index contributed by atoms with van der Waals surface area (Å²) in [5.41, 5.74) is 0.227. The van der Waals surface area contributed by atoms with Crippen LogP contribution in [-0.4, -0.2) is 43.0 Å². The summed E-state index contributed by atoms with van der Waals surface area (Å²) in [4.78, 5) is 10.7. The average molecular weight is 279 g/mol. The van der Waals surface area contributed by atoms with Gasteiger partial charge in [-0.3, -0.25) is 0 Å². The van der Waals surface area contributed by atoms with Crippen LogP contribution >= 0.6 is 0 Å². The summed E-state index contributed by atoms with van der Waals surface area (Å²) in [6.07, 6.45) is 2.22. The minimum atomic E-state index is -0.928. The average Bonchev–Trinajstić information content (AvgIpc) is 2.86. The van der Waals surface area contributed by atoms with Crippen molar-refractivity contribution in [3.05, 3.63) is 29.8 Å². The molecule has 5 heteroatoms. The largest absolute Gasteiger partial charge is 0.492 e. The van der Waals surface area contributed by atoms with Crippen molar-refractivity contribution in [2.24, 2.45) is 0 Å². The van der Waals surface area contributed by atoms with Crippen LogP contribution in [0.15, 0.2) is 24.3 Å². The van der Waals surface area contributed by atoms with Crippen LogP contribution in [0.1, 0.15) is 30.1 Å². The minimum Gasteiger partial charge on any atom is -0.492 e. The Labute approximate surface area is 118 Å². The van der Waals surface area contributed by atoms with E-state index in [4.69, 9.17) is 14.6 Å². The van der Waals surface area contributed by atoms with E-state index in [1.54, 1.807) is 24.3 Å². The van der Waals surface area contributed by atoms with Gasteiger partial charge in [0.2, 0.25) is 0 Å². The van der Waals surface area contributed by atoms with E-state index in [2.05, 4.69) is 12.2 Å². The number of carbonyl (C=O) groups is 1. The fraction of sp³-hybridized carbons (Fsp3) is 0.533. The zero-order chi connectivity index (χ0) is 14.4. The summed E-state index contributed by atoms with van der Waals surface area (Å²) < 4.78 is 11.2. The molecule has 0 saturated carbocycles. The molecule has 2 N–H and O–H groups in total. The van der Waals surface area contributed by atoms with Gasteiger partial charge < -0.3 is 19.9 Å². The van der Waals surface area contributed by atoms with E-state index in [9.17, 15) is 4.79 Å². The van der Waals surface area contributed by atoms with Gasteiger partial charge >= 0.3 is 5.97 Å². The van der Waals surface area contributed by atoms with Crippen LogP contribution < -0.4 is 10.1 Å². The Bertz CT molecular complexity index is 438. The second kappa shape index (κ2) is 6.72. The monoisotopic (exact) mass is 279 g/mol. The molecule has 20 heavy (non-hydrogen) atoms. The number of carboxylic acid groups (broad SMARTS) is 1. The van der Waals surface area contributed by atoms with Crippen molar-refractivity contribution in [2.45, 2.75) is 25.4 Å². The molecule has 1 aliphatic heterocycles. The molecule has 0 amide bonds. The summed E-state index contributed by atoms with van der Waals surface area (Å²) in [5, 5.41) is 12.1. The van der Waals surface area contributed by atoms with Crippen molar-refractivity contribution < 1.29 is 19.4 Å². The number of benzene rings is 1. The van der Waals surface area contributed by atoms with Gasteiger partial charge in [0.15, 0.2) is 0 Å². The molecule has 1 saturated heterocycles. The maximum Gasteiger partial charge on any atom is 0.335 e. The van der Waals surface area contributed by atoms with Gasteiger partial charge in [0.25, 0.3) is 0 Å². The molecule has 1 atom stereocenters. The van der Waals surface area contributed by atoms with Gasteiger partial charge in [0.1, 0.15) is 12.4 Å². The standard InChI is InChI=1S/C15H21NO4/c1-15(7-2-9-20-15)11-16-8-10-19-13-5-3-12(4-6-13)14(17)18/h3-6,16H,2,7-11H2,1H3,(H,17,18). The molecular weight excluding hydrogens is 258 g/mol. The fourth-order valence-corrected chi connectivity index (χ4v) is 2.26. The highest BCUT2D eigenvalue weighted by molar-refractivity contribution is 5.87. The third-order valence-electron chi connectivity index (χ3n) is 3.45. The van der Waals surface area contributed by atoms with Gasteiger partial charge in [-0.1, -0.05) is 0 Å². The van der Waals surface area contributed by atoms with Crippen LogP contribution in [0.25, 0.3) is 0 Å². The smallest absolute Gasteiger partial charge is 0.335 e. The molecule has 0 aliphatic carbocycles. The number of hydrogen-bond donors (Lipinski definition) is 2. The van der Waals surface area contributed by atoms with Crippen LogP contribution in [0.5, 0.6) is 5.75 Å². The zero-order valence-electron chi connectivity index (χ0n) is 11.7. The molecular formula is C15H21NO4. The SMILES string of the molecule is CC1(CNCCOc2ccc(C(=O)O)cc2)CCCO1. The van der Waals surface area contributed by atoms with Crippen LogP contribution in [0, 0.1) is 0 Å². The van der Waals surface area contributed by atoms with Crippen LogP contribution in [0.2, 0.25) is 0 Å². The molecule has 5 nitrogen and oxygen atoms in total. The summed E-state index contributed by atoms with van der Waals surface area (Å²) in [6, 6.07) is 6.42. The molecule has 1 fully saturated rings. The molecule has 1 unspecified atom stereocenters. The highest BCUT2D eigenvalue weighted by Gasteiger charge is 2.28. The Morgan fingerprint density at radius 2 is 2.20 bits per heavy atom. The number of aromatic carboxylic acids is 1. The van der Waals surface area contributed by atoms with Gasteiger partial charge in [-0.2, -0.15) is 0 Å². The van der Waals surface area contributed by atoms with Crippen LogP contribution in [0.4, 0.5) is 0 Å². The maximum atomic E-state index is 10.7. The lowest BCUT2D eigenvalue weighted by Gasteiger charge is -2.23. The van der Waals surface area contributed by atoms with E-state index in [-0.39, 0.29) is 11.2 Å². The Kier molecular flexibility index (Phi) is 4.98. The van der Waals surface area contributed by atoms with E-state index in [0.29, 0.717) is 12.4 Å². The first-order chi connectivity index (χ1) is 9.59. The van der Waals surface area contributed by atoms with E-state index in [1.807, 2.05) is 0 Å². The summed E-state index contributed by atoms with van der Waals surface area (Å²) in [6.45, 7) is 5.08. The first-order valence-corrected chi connectivity index (χ1v) is 6.90. The molecule has 110 valence electrons. The van der Waals surface area contributed by atoms with Crippen molar-refractivity contribution in [1.29, 1.82) is 0 Å². The molecule has 1 aromatic carbocycles. The number of ether oxygens (including phenoxy) is 2. The van der Waals surface area contributed by atoms with E-state index in [0.717, 1.165) is 32.5 Å². The third kappa shape index (κ3) is 4.21. The molecule has 0 radical (unpaired) electrons. The summed E-state index contributed by atoms with van der Waals surface area (Å²) in [5.74, 6) is -0.247. The Morgan fingerprint density at radius 3 is 2.80 bits per heavy atom. The maximum absolute atomic E-state index is 10.7. The lowest BCUT2D eigenvalue weighted by Crippen LogP contribution is -2.38. The lowest BCUT2D eigenvalue weighted by molar-refractivity contribution is 0.0205. The Morgan fingerprint density at radius 1 is 1.45 bits per heavy atom. The summed E-state index contributed by atoms with van der Waals surface area (Å²) >= 11 is 0. The van der Waals surface area contributed by atoms with Gasteiger partial charge in [-0.05, 0) is 44.0 Å². The summed E-state index contributed by atoms with van der Waals surface area (Å²) in [7, 11) is 0. The second-order valence-electron chi connectivity index (χ2n) is 5.26. The molecule has 0 bridgehead atoms. The number of rotatable bonds is 7. The van der Waals surface area contributed by atoms with Crippen molar-refractivity contribution in [3.63, 3.8) is 0 Å². The fourth-order valence-electron chi connectivity index (χ4n) is 2.26. The molecule has 0 spiro atoms. The molecule has 2 rings (SSSR count). The van der Waals surface area contributed by atoms with Crippen LogP contribution in [-0.2, 0) is 4.74 Å². The van der Waals surface area contributed by atoms with E-state index in [1.165, 1.54) is 0 Å². The molecule has 1 aromatic rings. The molecule has 0 aromatic heterocycles. The van der Waals surface area contributed by atoms with E-state index >= 15 is 0 Å². The van der Waals surface area contributed by atoms with Gasteiger partial charge in [0.05, 0.1) is 11.2 Å². The van der Waals surface area contributed by atoms with Crippen LogP contribution in [0.3, 0.4) is 0 Å². The zero-order valence-corrected chi connectivity index (χ0v) is 11.7. The lowest BCUT2D eigenvalue weighted by atomic mass is 10.0. The number of carboxylic acids is 1. The number of nitrogens with one attached hydrogen (secondary N) is 1. The van der Waals surface area contributed by atoms with E-state index < -0.39 is 5.97 Å². The Balaban J connectivity index is 1.64. The molecule has 1 heterocycles. The minimum absolute atomic E-state index is 0.0386. The Hall–Kier alpha value is -1.59. The normalized spacial score (nSPS) is 21.9. The van der Waals surface area contributed by atoms with Gasteiger partial charge in [0, 0.05) is 19.7 Å². The van der Waals surface area contributed by atoms with Crippen molar-refractivity contribution in [1.82, 2.24) is 5.32 Å². The predicted octanol–water partition coefficient (Wildman–Crippen LogP) is 1.92. The molecule has 1 aliphatic rings. The van der Waals surface area contributed by atoms with Crippen molar-refractivity contribution >= 4 is 5.97 Å². The predicted molar refractivity (Wildman–Crippen MR) is 75.4 cm³/mol. The van der Waals surface area contributed by atoms with Gasteiger partial charge in [-0.15, -0.1) is 0 Å². The third-order valence-corrected chi connectivity index (χ3v) is 3.45. The highest BCUT2D eigenvalue weighted by Crippen LogP contribution is 2.23. The van der Waals surface area contributed by atoms with Gasteiger partial charge in [-0.25, -0.2) is 4.79 Å². The van der Waals surface area contributed by atoms with Crippen molar-refractivity contribution in [2.75, 3.05) is 26.3 Å². The second-order valence-corrected chi connectivity index (χ2v) is 5.26. The quantitative estimate of drug-likeness (QED) is 0.746. The number of hydrogen-bond acceptors (Lipinski definition) is 4. The first kappa shape index (κ1) is 14.8. The van der Waals surface area contributed by atoms with Crippen molar-refractivity contribution in [3.8, 4) is 5.75 Å². The highest BCUT2D eigenvalue weighted by atomic mass is 16.5.